The molecule has 3 rings (SSSR count). The van der Waals surface area contributed by atoms with Gasteiger partial charge in [-0.05, 0) is 25.5 Å². The Hall–Kier alpha value is -2.24. The number of hydrogen-bond donors (Lipinski definition) is 2. The quantitative estimate of drug-likeness (QED) is 0.871. The SMILES string of the molecule is Cc1cc(NC(=O)N[C@@H]2C[C@H]2c2ccco2)on1. The third-order valence-corrected chi connectivity index (χ3v) is 2.88. The van der Waals surface area contributed by atoms with E-state index in [9.17, 15) is 4.79 Å². The molecule has 0 bridgehead atoms. The van der Waals surface area contributed by atoms with Crippen LogP contribution in [0.1, 0.15) is 23.8 Å². The van der Waals surface area contributed by atoms with E-state index in [1.807, 2.05) is 12.1 Å². The monoisotopic (exact) mass is 247 g/mol. The molecule has 0 aromatic carbocycles. The van der Waals surface area contributed by atoms with Crippen LogP contribution >= 0.6 is 0 Å². The maximum absolute atomic E-state index is 11.6. The third kappa shape index (κ3) is 2.22. The number of furan rings is 1. The molecule has 2 aromatic heterocycles. The first-order valence-corrected chi connectivity index (χ1v) is 5.76. The van der Waals surface area contributed by atoms with Crippen molar-refractivity contribution in [1.29, 1.82) is 0 Å². The normalized spacial score (nSPS) is 21.6. The average Bonchev–Trinajstić information content (AvgIpc) is 2.79. The highest BCUT2D eigenvalue weighted by Crippen LogP contribution is 2.40. The summed E-state index contributed by atoms with van der Waals surface area (Å²) < 4.78 is 10.2. The second kappa shape index (κ2) is 4.21. The summed E-state index contributed by atoms with van der Waals surface area (Å²) in [4.78, 5) is 11.6. The Balaban J connectivity index is 1.51. The van der Waals surface area contributed by atoms with E-state index < -0.39 is 0 Å². The smallest absolute Gasteiger partial charge is 0.321 e. The molecule has 2 heterocycles. The Kier molecular flexibility index (Phi) is 2.55. The van der Waals surface area contributed by atoms with E-state index in [1.54, 1.807) is 19.3 Å². The third-order valence-electron chi connectivity index (χ3n) is 2.88. The van der Waals surface area contributed by atoms with Crippen LogP contribution in [0.2, 0.25) is 0 Å². The zero-order chi connectivity index (χ0) is 12.5. The number of hydrogen-bond acceptors (Lipinski definition) is 4. The van der Waals surface area contributed by atoms with Gasteiger partial charge in [-0.2, -0.15) is 0 Å². The molecule has 0 aliphatic heterocycles. The van der Waals surface area contributed by atoms with Crippen molar-refractivity contribution in [1.82, 2.24) is 10.5 Å². The highest BCUT2D eigenvalue weighted by atomic mass is 16.5. The Bertz CT molecular complexity index is 547. The van der Waals surface area contributed by atoms with Crippen molar-refractivity contribution in [3.8, 4) is 0 Å². The van der Waals surface area contributed by atoms with Crippen LogP contribution in [0.15, 0.2) is 33.4 Å². The maximum atomic E-state index is 11.6. The van der Waals surface area contributed by atoms with Crippen LogP contribution in [0, 0.1) is 6.92 Å². The molecule has 0 unspecified atom stereocenters. The van der Waals surface area contributed by atoms with Gasteiger partial charge in [-0.1, -0.05) is 5.16 Å². The van der Waals surface area contributed by atoms with Gasteiger partial charge in [0.1, 0.15) is 5.76 Å². The van der Waals surface area contributed by atoms with Gasteiger partial charge in [-0.15, -0.1) is 0 Å². The summed E-state index contributed by atoms with van der Waals surface area (Å²) in [6.45, 7) is 1.79. The number of anilines is 1. The summed E-state index contributed by atoms with van der Waals surface area (Å²) in [7, 11) is 0. The van der Waals surface area contributed by atoms with E-state index in [0.717, 1.165) is 17.9 Å². The molecular formula is C12H13N3O3. The molecule has 18 heavy (non-hydrogen) atoms. The van der Waals surface area contributed by atoms with Crippen molar-refractivity contribution >= 4 is 11.9 Å². The van der Waals surface area contributed by atoms with Crippen LogP contribution in [0.4, 0.5) is 10.7 Å². The molecule has 0 radical (unpaired) electrons. The van der Waals surface area contributed by atoms with Gasteiger partial charge < -0.3 is 14.3 Å². The number of carbonyl (C=O) groups excluding carboxylic acids is 1. The van der Waals surface area contributed by atoms with E-state index in [2.05, 4.69) is 15.8 Å². The van der Waals surface area contributed by atoms with Crippen LogP contribution in [0.5, 0.6) is 0 Å². The largest absolute Gasteiger partial charge is 0.469 e. The lowest BCUT2D eigenvalue weighted by Gasteiger charge is -2.03. The number of nitrogens with one attached hydrogen (secondary N) is 2. The van der Waals surface area contributed by atoms with Gasteiger partial charge in [-0.3, -0.25) is 5.32 Å². The van der Waals surface area contributed by atoms with Gasteiger partial charge in [0.15, 0.2) is 0 Å². The first kappa shape index (κ1) is 10.9. The molecule has 2 atom stereocenters. The fraction of sp³-hybridized carbons (Fsp3) is 0.333. The van der Waals surface area contributed by atoms with Crippen molar-refractivity contribution in [2.75, 3.05) is 5.32 Å². The predicted molar refractivity (Wildman–Crippen MR) is 63.2 cm³/mol. The highest BCUT2D eigenvalue weighted by molar-refractivity contribution is 5.88. The van der Waals surface area contributed by atoms with Crippen LogP contribution in [0.3, 0.4) is 0 Å². The van der Waals surface area contributed by atoms with E-state index in [1.165, 1.54) is 0 Å². The number of nitrogens with zero attached hydrogens (tertiary/aromatic N) is 1. The van der Waals surface area contributed by atoms with Crippen LogP contribution < -0.4 is 10.6 Å². The maximum Gasteiger partial charge on any atom is 0.321 e. The molecule has 94 valence electrons. The lowest BCUT2D eigenvalue weighted by molar-refractivity contribution is 0.250. The second-order valence-corrected chi connectivity index (χ2v) is 4.40. The molecule has 6 heteroatoms. The van der Waals surface area contributed by atoms with E-state index in [-0.39, 0.29) is 18.0 Å². The van der Waals surface area contributed by atoms with Gasteiger partial charge >= 0.3 is 6.03 Å². The molecule has 1 aliphatic carbocycles. The molecule has 0 spiro atoms. The number of carbonyl (C=O) groups is 1. The first-order valence-electron chi connectivity index (χ1n) is 5.76. The molecule has 2 N–H and O–H groups in total. The minimum atomic E-state index is -0.287. The Morgan fingerprint density at radius 3 is 3.11 bits per heavy atom. The van der Waals surface area contributed by atoms with Gasteiger partial charge in [0, 0.05) is 18.0 Å². The zero-order valence-corrected chi connectivity index (χ0v) is 9.84. The summed E-state index contributed by atoms with van der Waals surface area (Å²) in [5.41, 5.74) is 0.727. The summed E-state index contributed by atoms with van der Waals surface area (Å²) in [6, 6.07) is 5.27. The molecule has 1 fully saturated rings. The van der Waals surface area contributed by atoms with E-state index >= 15 is 0 Å². The van der Waals surface area contributed by atoms with Crippen molar-refractivity contribution < 1.29 is 13.7 Å². The van der Waals surface area contributed by atoms with Crippen LogP contribution in [0.25, 0.3) is 0 Å². The van der Waals surface area contributed by atoms with Gasteiger partial charge in [0.2, 0.25) is 5.88 Å². The number of aryl methyl sites for hydroxylation is 1. The topological polar surface area (TPSA) is 80.3 Å². The highest BCUT2D eigenvalue weighted by Gasteiger charge is 2.41. The minimum Gasteiger partial charge on any atom is -0.469 e. The van der Waals surface area contributed by atoms with Crippen LogP contribution in [-0.4, -0.2) is 17.2 Å². The lowest BCUT2D eigenvalue weighted by atomic mass is 10.3. The van der Waals surface area contributed by atoms with Crippen molar-refractivity contribution in [2.24, 2.45) is 0 Å². The number of urea groups is 1. The van der Waals surface area contributed by atoms with Gasteiger partial charge in [0.05, 0.1) is 12.0 Å². The van der Waals surface area contributed by atoms with E-state index in [4.69, 9.17) is 8.94 Å². The molecule has 1 aliphatic rings. The number of aromatic nitrogens is 1. The zero-order valence-electron chi connectivity index (χ0n) is 9.84. The molecule has 2 aromatic rings. The molecular weight excluding hydrogens is 234 g/mol. The van der Waals surface area contributed by atoms with Crippen LogP contribution in [-0.2, 0) is 0 Å². The number of rotatable bonds is 3. The second-order valence-electron chi connectivity index (χ2n) is 4.40. The minimum absolute atomic E-state index is 0.125. The summed E-state index contributed by atoms with van der Waals surface area (Å²) in [6.07, 6.45) is 2.54. The fourth-order valence-electron chi connectivity index (χ4n) is 1.91. The molecule has 6 nitrogen and oxygen atoms in total. The van der Waals surface area contributed by atoms with Gasteiger partial charge in [0.25, 0.3) is 0 Å². The molecule has 1 saturated carbocycles. The molecule has 0 saturated heterocycles. The average molecular weight is 247 g/mol. The first-order chi connectivity index (χ1) is 8.72. The Labute approximate surface area is 103 Å². The fourth-order valence-corrected chi connectivity index (χ4v) is 1.91. The lowest BCUT2D eigenvalue weighted by Crippen LogP contribution is -2.31. The van der Waals surface area contributed by atoms with Crippen molar-refractivity contribution in [3.63, 3.8) is 0 Å². The number of amides is 2. The van der Waals surface area contributed by atoms with E-state index in [0.29, 0.717) is 5.88 Å². The molecule has 2 amide bonds. The summed E-state index contributed by atoms with van der Waals surface area (Å²) >= 11 is 0. The Morgan fingerprint density at radius 2 is 2.44 bits per heavy atom. The summed E-state index contributed by atoms with van der Waals surface area (Å²) in [5, 5.41) is 9.13. The summed E-state index contributed by atoms with van der Waals surface area (Å²) in [5.74, 6) is 1.54. The predicted octanol–water partition coefficient (Wildman–Crippen LogP) is 2.25. The van der Waals surface area contributed by atoms with Crippen molar-refractivity contribution in [2.45, 2.75) is 25.3 Å². The van der Waals surface area contributed by atoms with Crippen molar-refractivity contribution in [3.05, 3.63) is 35.9 Å². The van der Waals surface area contributed by atoms with Gasteiger partial charge in [-0.25, -0.2) is 4.79 Å². The Morgan fingerprint density at radius 1 is 1.56 bits per heavy atom. The standard InChI is InChI=1S/C12H13N3O3/c1-7-5-11(18-15-7)14-12(16)13-9-6-8(9)10-3-2-4-17-10/h2-5,8-9H,6H2,1H3,(H2,13,14,16)/t8-,9-/m1/s1.